The predicted molar refractivity (Wildman–Crippen MR) is 89.5 cm³/mol. The Morgan fingerprint density at radius 2 is 1.88 bits per heavy atom. The highest BCUT2D eigenvalue weighted by atomic mass is 35.5. The minimum atomic E-state index is -0.510. The monoisotopic (exact) mass is 346 g/mol. The van der Waals surface area contributed by atoms with E-state index in [2.05, 4.69) is 0 Å². The Labute approximate surface area is 142 Å². The molecular weight excluding hydrogens is 332 g/mol. The van der Waals surface area contributed by atoms with E-state index in [1.54, 1.807) is 32.0 Å². The molecule has 3 aromatic rings. The molecule has 2 aromatic heterocycles. The molecular formula is C18H15ClO5. The SMILES string of the molecule is Cc1cc(C(=O)OCc2cc(=O)oc3cc(C)c(Cl)cc23)c(C)o1. The van der Waals surface area contributed by atoms with Crippen molar-refractivity contribution in [1.82, 2.24) is 0 Å². The van der Waals surface area contributed by atoms with Gasteiger partial charge >= 0.3 is 11.6 Å². The molecule has 0 bridgehead atoms. The first-order valence-electron chi connectivity index (χ1n) is 7.32. The molecule has 0 saturated heterocycles. The molecule has 0 fully saturated rings. The topological polar surface area (TPSA) is 69.7 Å². The molecule has 0 radical (unpaired) electrons. The number of carbonyl (C=O) groups is 1. The molecule has 0 saturated carbocycles. The van der Waals surface area contributed by atoms with Gasteiger partial charge in [-0.1, -0.05) is 11.6 Å². The summed E-state index contributed by atoms with van der Waals surface area (Å²) >= 11 is 6.14. The van der Waals surface area contributed by atoms with E-state index < -0.39 is 11.6 Å². The van der Waals surface area contributed by atoms with Crippen LogP contribution in [0.2, 0.25) is 5.02 Å². The number of fused-ring (bicyclic) bond motifs is 1. The number of furan rings is 1. The zero-order chi connectivity index (χ0) is 17.4. The second kappa shape index (κ2) is 6.17. The fraction of sp³-hybridized carbons (Fsp3) is 0.222. The van der Waals surface area contributed by atoms with Crippen LogP contribution in [0, 0.1) is 20.8 Å². The summed E-state index contributed by atoms with van der Waals surface area (Å²) in [5.41, 5.74) is 1.60. The number of hydrogen-bond acceptors (Lipinski definition) is 5. The zero-order valence-corrected chi connectivity index (χ0v) is 14.2. The third-order valence-electron chi connectivity index (χ3n) is 3.73. The van der Waals surface area contributed by atoms with Gasteiger partial charge in [-0.15, -0.1) is 0 Å². The average molecular weight is 347 g/mol. The lowest BCUT2D eigenvalue weighted by molar-refractivity contribution is 0.0472. The lowest BCUT2D eigenvalue weighted by atomic mass is 10.1. The summed E-state index contributed by atoms with van der Waals surface area (Å²) in [6, 6.07) is 6.31. The summed E-state index contributed by atoms with van der Waals surface area (Å²) in [6.07, 6.45) is 0. The van der Waals surface area contributed by atoms with Crippen LogP contribution >= 0.6 is 11.6 Å². The molecule has 5 nitrogen and oxygen atoms in total. The van der Waals surface area contributed by atoms with Gasteiger partial charge in [0.2, 0.25) is 0 Å². The summed E-state index contributed by atoms with van der Waals surface area (Å²) in [5, 5.41) is 1.18. The van der Waals surface area contributed by atoms with E-state index in [1.165, 1.54) is 6.07 Å². The average Bonchev–Trinajstić information content (AvgIpc) is 2.85. The van der Waals surface area contributed by atoms with Crippen LogP contribution in [0.5, 0.6) is 0 Å². The Balaban J connectivity index is 1.92. The first kappa shape index (κ1) is 16.3. The zero-order valence-electron chi connectivity index (χ0n) is 13.4. The number of hydrogen-bond donors (Lipinski definition) is 0. The minimum absolute atomic E-state index is 0.0655. The number of ether oxygens (including phenoxy) is 1. The Hall–Kier alpha value is -2.53. The lowest BCUT2D eigenvalue weighted by Gasteiger charge is -2.08. The second-order valence-corrected chi connectivity index (χ2v) is 6.00. The van der Waals surface area contributed by atoms with Crippen molar-refractivity contribution in [2.24, 2.45) is 0 Å². The van der Waals surface area contributed by atoms with Gasteiger partial charge in [0.25, 0.3) is 0 Å². The molecule has 3 rings (SSSR count). The van der Waals surface area contributed by atoms with Crippen LogP contribution in [0.15, 0.2) is 37.9 Å². The molecule has 1 aromatic carbocycles. The maximum atomic E-state index is 12.2. The molecule has 0 aliphatic heterocycles. The highest BCUT2D eigenvalue weighted by Crippen LogP contribution is 2.26. The second-order valence-electron chi connectivity index (χ2n) is 5.59. The molecule has 2 heterocycles. The van der Waals surface area contributed by atoms with Crippen LogP contribution in [0.1, 0.15) is 33.0 Å². The van der Waals surface area contributed by atoms with Gasteiger partial charge in [-0.2, -0.15) is 0 Å². The largest absolute Gasteiger partial charge is 0.466 e. The van der Waals surface area contributed by atoms with Crippen molar-refractivity contribution in [3.8, 4) is 0 Å². The molecule has 24 heavy (non-hydrogen) atoms. The van der Waals surface area contributed by atoms with Crippen LogP contribution in [0.3, 0.4) is 0 Å². The van der Waals surface area contributed by atoms with E-state index in [4.69, 9.17) is 25.2 Å². The van der Waals surface area contributed by atoms with Gasteiger partial charge in [0.05, 0.1) is 0 Å². The van der Waals surface area contributed by atoms with Crippen molar-refractivity contribution < 1.29 is 18.4 Å². The van der Waals surface area contributed by atoms with Crippen LogP contribution in [-0.2, 0) is 11.3 Å². The van der Waals surface area contributed by atoms with Crippen molar-refractivity contribution in [2.45, 2.75) is 27.4 Å². The maximum absolute atomic E-state index is 12.2. The summed E-state index contributed by atoms with van der Waals surface area (Å²) in [5.74, 6) is 0.616. The van der Waals surface area contributed by atoms with Crippen molar-refractivity contribution in [3.05, 3.63) is 67.9 Å². The fourth-order valence-corrected chi connectivity index (χ4v) is 2.69. The highest BCUT2D eigenvalue weighted by molar-refractivity contribution is 6.32. The lowest BCUT2D eigenvalue weighted by Crippen LogP contribution is -2.08. The third kappa shape index (κ3) is 3.08. The van der Waals surface area contributed by atoms with Crippen LogP contribution in [0.4, 0.5) is 0 Å². The van der Waals surface area contributed by atoms with Crippen LogP contribution < -0.4 is 5.63 Å². The smallest absolute Gasteiger partial charge is 0.342 e. The molecule has 124 valence electrons. The highest BCUT2D eigenvalue weighted by Gasteiger charge is 2.16. The normalized spacial score (nSPS) is 11.0. The Morgan fingerprint density at radius 3 is 2.54 bits per heavy atom. The van der Waals surface area contributed by atoms with Gasteiger partial charge in [0.1, 0.15) is 29.3 Å². The first-order valence-corrected chi connectivity index (χ1v) is 7.70. The van der Waals surface area contributed by atoms with E-state index in [1.807, 2.05) is 6.92 Å². The quantitative estimate of drug-likeness (QED) is 0.521. The fourth-order valence-electron chi connectivity index (χ4n) is 2.52. The standard InChI is InChI=1S/C18H15ClO5/c1-9-4-16-14(7-15(9)19)12(6-17(20)24-16)8-22-18(21)13-5-10(2)23-11(13)3/h4-7H,8H2,1-3H3. The van der Waals surface area contributed by atoms with Crippen LogP contribution in [0.25, 0.3) is 11.0 Å². The number of esters is 1. The third-order valence-corrected chi connectivity index (χ3v) is 4.14. The summed E-state index contributed by atoms with van der Waals surface area (Å²) < 4.78 is 15.8. The van der Waals surface area contributed by atoms with E-state index in [-0.39, 0.29) is 6.61 Å². The molecule has 0 atom stereocenters. The number of aryl methyl sites for hydroxylation is 3. The van der Waals surface area contributed by atoms with Crippen molar-refractivity contribution in [3.63, 3.8) is 0 Å². The summed E-state index contributed by atoms with van der Waals surface area (Å²) in [7, 11) is 0. The van der Waals surface area contributed by atoms with Crippen LogP contribution in [-0.4, -0.2) is 5.97 Å². The van der Waals surface area contributed by atoms with E-state index in [0.29, 0.717) is 38.6 Å². The van der Waals surface area contributed by atoms with Gasteiger partial charge in [0, 0.05) is 22.0 Å². The number of benzene rings is 1. The van der Waals surface area contributed by atoms with Gasteiger partial charge in [-0.25, -0.2) is 9.59 Å². The molecule has 6 heteroatoms. The number of carbonyl (C=O) groups excluding carboxylic acids is 1. The van der Waals surface area contributed by atoms with Crippen molar-refractivity contribution in [1.29, 1.82) is 0 Å². The molecule has 0 N–H and O–H groups in total. The number of rotatable bonds is 3. The van der Waals surface area contributed by atoms with E-state index in [9.17, 15) is 9.59 Å². The molecule has 0 unspecified atom stereocenters. The van der Waals surface area contributed by atoms with Gasteiger partial charge in [0.15, 0.2) is 0 Å². The first-order chi connectivity index (χ1) is 11.3. The minimum Gasteiger partial charge on any atom is -0.466 e. The van der Waals surface area contributed by atoms with Gasteiger partial charge in [-0.05, 0) is 44.5 Å². The maximum Gasteiger partial charge on any atom is 0.342 e. The Kier molecular flexibility index (Phi) is 4.20. The van der Waals surface area contributed by atoms with Crippen molar-refractivity contribution >= 4 is 28.5 Å². The Morgan fingerprint density at radius 1 is 1.12 bits per heavy atom. The Bertz CT molecular complexity index is 997. The van der Waals surface area contributed by atoms with E-state index >= 15 is 0 Å². The van der Waals surface area contributed by atoms with Gasteiger partial charge in [-0.3, -0.25) is 0 Å². The summed E-state index contributed by atoms with van der Waals surface area (Å²) in [6.45, 7) is 5.20. The summed E-state index contributed by atoms with van der Waals surface area (Å²) in [4.78, 5) is 23.9. The van der Waals surface area contributed by atoms with Gasteiger partial charge < -0.3 is 13.6 Å². The molecule has 0 amide bonds. The van der Waals surface area contributed by atoms with E-state index in [0.717, 1.165) is 5.56 Å². The van der Waals surface area contributed by atoms with Crippen molar-refractivity contribution in [2.75, 3.05) is 0 Å². The molecule has 0 aliphatic carbocycles. The number of halogens is 1. The molecule has 0 spiro atoms. The predicted octanol–water partition coefficient (Wildman–Crippen LogP) is 4.32. The molecule has 0 aliphatic rings.